The molecule has 0 aliphatic rings. The summed E-state index contributed by atoms with van der Waals surface area (Å²) in [5.74, 6) is 0.955. The molecule has 2 aromatic heterocycles. The maximum absolute atomic E-state index is 11.6. The Morgan fingerprint density at radius 3 is 1.16 bits per heavy atom. The number of aromatic hydroxyl groups is 2. The first-order valence-electron chi connectivity index (χ1n) is 23.5. The molecule has 0 atom stereocenters. The number of aromatic nitrogens is 4. The lowest BCUT2D eigenvalue weighted by Gasteiger charge is -2.16. The number of anilines is 4. The van der Waals surface area contributed by atoms with E-state index in [4.69, 9.17) is 60.8 Å². The van der Waals surface area contributed by atoms with Crippen LogP contribution >= 0.6 is 0 Å². The van der Waals surface area contributed by atoms with Crippen molar-refractivity contribution in [3.05, 3.63) is 142 Å². The van der Waals surface area contributed by atoms with Crippen LogP contribution in [0.25, 0.3) is 21.5 Å². The molecule has 0 unspecified atom stereocenters. The fourth-order valence-electron chi connectivity index (χ4n) is 8.08. The molecule has 0 saturated carbocycles. The van der Waals surface area contributed by atoms with E-state index in [0.717, 1.165) is 22.3 Å². The minimum atomic E-state index is -1.28. The van der Waals surface area contributed by atoms with Crippen molar-refractivity contribution in [2.24, 2.45) is 0 Å². The van der Waals surface area contributed by atoms with Crippen LogP contribution < -0.4 is 51.4 Å². The molecule has 0 radical (unpaired) electrons. The largest absolute Gasteiger partial charge is 0.507 e. The molecule has 404 valence electrons. The molecule has 77 heavy (non-hydrogen) atoms. The van der Waals surface area contributed by atoms with Crippen molar-refractivity contribution in [3.8, 4) is 46.0 Å². The third-order valence-corrected chi connectivity index (χ3v) is 11.8. The molecular formula is C55H60N8O14. The molecular weight excluding hydrogens is 997 g/mol. The lowest BCUT2D eigenvalue weighted by atomic mass is 9.90. The van der Waals surface area contributed by atoms with Crippen LogP contribution in [0.1, 0.15) is 54.1 Å². The minimum absolute atomic E-state index is 0.0407. The smallest absolute Gasteiger partial charge is 0.339 e. The van der Waals surface area contributed by atoms with Crippen molar-refractivity contribution >= 4 is 57.0 Å². The summed E-state index contributed by atoms with van der Waals surface area (Å²) in [5.41, 5.74) is 26.3. The van der Waals surface area contributed by atoms with Crippen LogP contribution in [0.5, 0.6) is 46.0 Å². The van der Waals surface area contributed by atoms with Crippen LogP contribution in [-0.2, 0) is 28.7 Å². The molecule has 6 aromatic carbocycles. The molecule has 0 aliphatic heterocycles. The predicted molar refractivity (Wildman–Crippen MR) is 289 cm³/mol. The second-order valence-electron chi connectivity index (χ2n) is 16.7. The van der Waals surface area contributed by atoms with Crippen molar-refractivity contribution in [2.75, 3.05) is 92.0 Å². The lowest BCUT2D eigenvalue weighted by Crippen LogP contribution is -2.07. The number of nitrogens with two attached hydrogens (primary N) is 4. The van der Waals surface area contributed by atoms with E-state index >= 15 is 0 Å². The van der Waals surface area contributed by atoms with Crippen molar-refractivity contribution in [1.29, 1.82) is 0 Å². The molecule has 0 bridgehead atoms. The van der Waals surface area contributed by atoms with E-state index in [1.807, 2.05) is 24.3 Å². The zero-order chi connectivity index (χ0) is 55.8. The number of carbonyl (C=O) groups is 2. The Morgan fingerprint density at radius 2 is 0.844 bits per heavy atom. The molecule has 8 aromatic rings. The monoisotopic (exact) mass is 1060 g/mol. The van der Waals surface area contributed by atoms with Crippen molar-refractivity contribution < 1.29 is 67.9 Å². The number of fused-ring (bicyclic) bond motifs is 2. The zero-order valence-corrected chi connectivity index (χ0v) is 43.2. The highest BCUT2D eigenvalue weighted by Crippen LogP contribution is 2.42. The van der Waals surface area contributed by atoms with Gasteiger partial charge in [-0.15, -0.1) is 0 Å². The van der Waals surface area contributed by atoms with E-state index in [9.17, 15) is 30.0 Å². The van der Waals surface area contributed by atoms with E-state index in [-0.39, 0.29) is 29.4 Å². The van der Waals surface area contributed by atoms with Crippen LogP contribution in [0.4, 0.5) is 23.5 Å². The van der Waals surface area contributed by atoms with Crippen LogP contribution in [0.15, 0.2) is 97.3 Å². The van der Waals surface area contributed by atoms with Gasteiger partial charge in [0.25, 0.3) is 0 Å². The van der Waals surface area contributed by atoms with Crippen molar-refractivity contribution in [2.45, 2.75) is 19.3 Å². The van der Waals surface area contributed by atoms with Gasteiger partial charge >= 0.3 is 11.9 Å². The summed E-state index contributed by atoms with van der Waals surface area (Å²) in [5, 5.41) is 42.8. The van der Waals surface area contributed by atoms with E-state index < -0.39 is 23.4 Å². The standard InChI is InChI=1S/C23H16O6.2C16H22N4O4/c24-20-16(14-7-3-1-5-12(14)9-18(20)22(26)27)11-17-15-8-4-2-6-13(15)10-19(21(17)25)23(28)29;2*1-21-4-5-24-14-12(22-2)7-10(8-13(14)23-3)6-11-9-19-16(18)20-15(11)17/h1-10,24-25H,11H2,(H,26,27)(H,28,29);2*7-9H,4-6H2,1-3H3,(H4,17,18,19,20). The van der Waals surface area contributed by atoms with E-state index in [2.05, 4.69) is 19.9 Å². The number of carboxylic acids is 2. The zero-order valence-electron chi connectivity index (χ0n) is 43.2. The molecule has 12 N–H and O–H groups in total. The SMILES string of the molecule is COCCOc1c(OC)cc(Cc2cnc(N)nc2N)cc1OC.COCCOc1c(OC)cc(Cc2cnc(N)nc2N)cc1OC.O=C(O)c1cc2ccccc2c(Cc2c(O)c(C(=O)O)cc3ccccc23)c1O. The predicted octanol–water partition coefficient (Wildman–Crippen LogP) is 6.94. The van der Waals surface area contributed by atoms with Gasteiger partial charge in [-0.25, -0.2) is 19.6 Å². The third-order valence-electron chi connectivity index (χ3n) is 11.8. The fourth-order valence-corrected chi connectivity index (χ4v) is 8.08. The summed E-state index contributed by atoms with van der Waals surface area (Å²) in [4.78, 5) is 39.1. The lowest BCUT2D eigenvalue weighted by molar-refractivity contribution is 0.0682. The highest BCUT2D eigenvalue weighted by molar-refractivity contribution is 6.02. The minimum Gasteiger partial charge on any atom is -0.507 e. The Morgan fingerprint density at radius 1 is 0.494 bits per heavy atom. The average molecular weight is 1060 g/mol. The first-order valence-corrected chi connectivity index (χ1v) is 23.5. The fraction of sp³-hybridized carbons (Fsp3) is 0.236. The molecule has 0 fully saturated rings. The highest BCUT2D eigenvalue weighted by atomic mass is 16.6. The summed E-state index contributed by atoms with van der Waals surface area (Å²) in [6.07, 6.45) is 4.20. The number of hydrogen-bond donors (Lipinski definition) is 8. The number of carboxylic acid groups (broad SMARTS) is 2. The highest BCUT2D eigenvalue weighted by Gasteiger charge is 2.23. The first-order chi connectivity index (χ1) is 37.0. The number of ether oxygens (including phenoxy) is 8. The van der Waals surface area contributed by atoms with Gasteiger partial charge in [-0.1, -0.05) is 48.5 Å². The summed E-state index contributed by atoms with van der Waals surface area (Å²) < 4.78 is 43.0. The normalized spacial score (nSPS) is 10.7. The van der Waals surface area contributed by atoms with Gasteiger partial charge in [0.1, 0.15) is 47.5 Å². The Kier molecular flexibility index (Phi) is 19.6. The van der Waals surface area contributed by atoms with E-state index in [1.165, 1.54) is 12.1 Å². The van der Waals surface area contributed by atoms with E-state index in [0.29, 0.717) is 118 Å². The molecule has 2 heterocycles. The molecule has 0 saturated heterocycles. The molecule has 8 rings (SSSR count). The van der Waals surface area contributed by atoms with Crippen LogP contribution in [-0.4, -0.2) is 121 Å². The topological polar surface area (TPSA) is 345 Å². The number of phenols is 2. The second-order valence-corrected chi connectivity index (χ2v) is 16.7. The quantitative estimate of drug-likeness (QED) is 0.0358. The van der Waals surface area contributed by atoms with Crippen LogP contribution in [0.2, 0.25) is 0 Å². The van der Waals surface area contributed by atoms with Crippen molar-refractivity contribution in [3.63, 3.8) is 0 Å². The van der Waals surface area contributed by atoms with Gasteiger partial charge in [-0.3, -0.25) is 0 Å². The third kappa shape index (κ3) is 14.0. The van der Waals surface area contributed by atoms with Gasteiger partial charge in [0, 0.05) is 68.1 Å². The number of methoxy groups -OCH3 is 6. The number of hydrogen-bond acceptors (Lipinski definition) is 20. The molecule has 0 aliphatic carbocycles. The van der Waals surface area contributed by atoms with Gasteiger partial charge in [0.2, 0.25) is 23.4 Å². The maximum Gasteiger partial charge on any atom is 0.339 e. The number of rotatable bonds is 20. The average Bonchev–Trinajstić information content (AvgIpc) is 3.43. The first kappa shape index (κ1) is 56.8. The van der Waals surface area contributed by atoms with Gasteiger partial charge < -0.3 is 81.3 Å². The molecule has 0 amide bonds. The van der Waals surface area contributed by atoms with Gasteiger partial charge in [0.05, 0.1) is 41.7 Å². The van der Waals surface area contributed by atoms with Crippen molar-refractivity contribution in [1.82, 2.24) is 19.9 Å². The molecule has 22 nitrogen and oxygen atoms in total. The number of nitrogens with zero attached hydrogens (tertiary/aromatic N) is 4. The Balaban J connectivity index is 0.000000189. The number of benzene rings is 6. The van der Waals surface area contributed by atoms with Gasteiger partial charge in [-0.2, -0.15) is 9.97 Å². The Hall–Kier alpha value is -9.54. The number of nitrogen functional groups attached to an aromatic ring is 4. The Labute approximate surface area is 442 Å². The summed E-state index contributed by atoms with van der Waals surface area (Å²) in [6.45, 7) is 1.71. The van der Waals surface area contributed by atoms with Gasteiger partial charge in [0.15, 0.2) is 23.0 Å². The summed E-state index contributed by atoms with van der Waals surface area (Å²) >= 11 is 0. The van der Waals surface area contributed by atoms with E-state index in [1.54, 1.807) is 104 Å². The van der Waals surface area contributed by atoms with Gasteiger partial charge in [-0.05, 0) is 69.1 Å². The second kappa shape index (κ2) is 26.6. The Bertz CT molecular complexity index is 3110. The van der Waals surface area contributed by atoms with Crippen LogP contribution in [0.3, 0.4) is 0 Å². The number of aromatic carboxylic acids is 2. The summed E-state index contributed by atoms with van der Waals surface area (Å²) in [6, 6.07) is 24.2. The summed E-state index contributed by atoms with van der Waals surface area (Å²) in [7, 11) is 9.51. The maximum atomic E-state index is 11.6. The molecule has 0 spiro atoms. The van der Waals surface area contributed by atoms with Crippen LogP contribution in [0, 0.1) is 0 Å². The molecule has 22 heteroatoms.